The number of hydrogen-bond acceptors (Lipinski definition) is 5. The first-order valence-corrected chi connectivity index (χ1v) is 8.84. The molecule has 5 nitrogen and oxygen atoms in total. The molecule has 0 saturated heterocycles. The third-order valence-corrected chi connectivity index (χ3v) is 5.76. The van der Waals surface area contributed by atoms with Crippen molar-refractivity contribution in [3.63, 3.8) is 0 Å². The Morgan fingerprint density at radius 3 is 2.68 bits per heavy atom. The molecule has 0 bridgehead atoms. The summed E-state index contributed by atoms with van der Waals surface area (Å²) in [6.45, 7) is 4.56. The average molecular weight is 307 g/mol. The number of aromatic nitrogens is 2. The SMILES string of the molecule is CCc1noc(C2CCC(N[C@@H]3CCC[C@]3(C)CO)CC2)n1. The Morgan fingerprint density at radius 2 is 2.05 bits per heavy atom. The van der Waals surface area contributed by atoms with Crippen LogP contribution in [0.4, 0.5) is 0 Å². The number of nitrogens with zero attached hydrogens (tertiary/aromatic N) is 2. The number of rotatable bonds is 5. The van der Waals surface area contributed by atoms with E-state index in [4.69, 9.17) is 4.52 Å². The summed E-state index contributed by atoms with van der Waals surface area (Å²) in [6.07, 6.45) is 8.95. The van der Waals surface area contributed by atoms with Gasteiger partial charge in [-0.05, 0) is 38.5 Å². The highest BCUT2D eigenvalue weighted by Crippen LogP contribution is 2.39. The molecule has 124 valence electrons. The van der Waals surface area contributed by atoms with Gasteiger partial charge < -0.3 is 14.9 Å². The van der Waals surface area contributed by atoms with Crippen molar-refractivity contribution in [3.8, 4) is 0 Å². The molecule has 1 heterocycles. The van der Waals surface area contributed by atoms with Crippen molar-refractivity contribution in [2.75, 3.05) is 6.61 Å². The second-order valence-electron chi connectivity index (χ2n) is 7.37. The molecule has 2 aliphatic carbocycles. The van der Waals surface area contributed by atoms with Crippen LogP contribution in [0.25, 0.3) is 0 Å². The zero-order valence-corrected chi connectivity index (χ0v) is 13.8. The van der Waals surface area contributed by atoms with E-state index < -0.39 is 0 Å². The normalized spacial score (nSPS) is 35.9. The molecule has 0 unspecified atom stereocenters. The van der Waals surface area contributed by atoms with Gasteiger partial charge in [0.25, 0.3) is 0 Å². The molecule has 2 N–H and O–H groups in total. The Balaban J connectivity index is 1.51. The minimum atomic E-state index is 0.0688. The van der Waals surface area contributed by atoms with E-state index in [0.717, 1.165) is 50.2 Å². The highest BCUT2D eigenvalue weighted by atomic mass is 16.5. The van der Waals surface area contributed by atoms with Gasteiger partial charge in [0, 0.05) is 36.4 Å². The van der Waals surface area contributed by atoms with Crippen molar-refractivity contribution < 1.29 is 9.63 Å². The highest BCUT2D eigenvalue weighted by Gasteiger charge is 2.39. The minimum Gasteiger partial charge on any atom is -0.396 e. The lowest BCUT2D eigenvalue weighted by Crippen LogP contribution is -2.47. The topological polar surface area (TPSA) is 71.2 Å². The molecular weight excluding hydrogens is 278 g/mol. The van der Waals surface area contributed by atoms with Gasteiger partial charge in [0.05, 0.1) is 0 Å². The standard InChI is InChI=1S/C17H29N3O2/c1-3-15-19-16(22-20-15)12-6-8-13(9-7-12)18-14-5-4-10-17(14,2)11-21/h12-14,18,21H,3-11H2,1-2H3/t12?,13?,14-,17-/m1/s1. The number of hydrogen-bond donors (Lipinski definition) is 2. The maximum Gasteiger partial charge on any atom is 0.229 e. The fourth-order valence-corrected chi connectivity index (χ4v) is 4.07. The molecule has 3 rings (SSSR count). The molecular formula is C17H29N3O2. The smallest absolute Gasteiger partial charge is 0.229 e. The number of aliphatic hydroxyl groups excluding tert-OH is 1. The van der Waals surface area contributed by atoms with Crippen LogP contribution in [0.3, 0.4) is 0 Å². The molecule has 2 fully saturated rings. The van der Waals surface area contributed by atoms with Crippen molar-refractivity contribution in [2.45, 2.75) is 83.2 Å². The molecule has 0 spiro atoms. The Hall–Kier alpha value is -0.940. The second kappa shape index (κ2) is 6.67. The molecule has 0 aromatic carbocycles. The van der Waals surface area contributed by atoms with Crippen molar-refractivity contribution in [3.05, 3.63) is 11.7 Å². The first kappa shape index (κ1) is 15.9. The van der Waals surface area contributed by atoms with Crippen LogP contribution in [0.2, 0.25) is 0 Å². The molecule has 0 radical (unpaired) electrons. The van der Waals surface area contributed by atoms with Gasteiger partial charge in [0.2, 0.25) is 5.89 Å². The van der Waals surface area contributed by atoms with Crippen molar-refractivity contribution in [2.24, 2.45) is 5.41 Å². The summed E-state index contributed by atoms with van der Waals surface area (Å²) in [5.74, 6) is 2.08. The lowest BCUT2D eigenvalue weighted by atomic mass is 9.82. The zero-order chi connectivity index (χ0) is 15.6. The fraction of sp³-hybridized carbons (Fsp3) is 0.882. The molecule has 2 aliphatic rings. The van der Waals surface area contributed by atoms with Crippen LogP contribution >= 0.6 is 0 Å². The number of aliphatic hydroxyl groups is 1. The summed E-state index contributed by atoms with van der Waals surface area (Å²) >= 11 is 0. The van der Waals surface area contributed by atoms with Crippen LogP contribution in [0.1, 0.15) is 76.4 Å². The largest absolute Gasteiger partial charge is 0.396 e. The van der Waals surface area contributed by atoms with Gasteiger partial charge in [0.15, 0.2) is 5.82 Å². The summed E-state index contributed by atoms with van der Waals surface area (Å²) in [6, 6.07) is 1.04. The van der Waals surface area contributed by atoms with Crippen LogP contribution in [-0.2, 0) is 6.42 Å². The van der Waals surface area contributed by atoms with Gasteiger partial charge in [0.1, 0.15) is 0 Å². The molecule has 2 atom stereocenters. The van der Waals surface area contributed by atoms with Gasteiger partial charge in [-0.1, -0.05) is 25.4 Å². The third kappa shape index (κ3) is 3.20. The summed E-state index contributed by atoms with van der Waals surface area (Å²) in [5, 5.41) is 17.5. The highest BCUT2D eigenvalue weighted by molar-refractivity contribution is 4.99. The second-order valence-corrected chi connectivity index (χ2v) is 7.37. The summed E-state index contributed by atoms with van der Waals surface area (Å²) in [7, 11) is 0. The van der Waals surface area contributed by atoms with Gasteiger partial charge in [-0.2, -0.15) is 4.98 Å². The van der Waals surface area contributed by atoms with Gasteiger partial charge in [-0.15, -0.1) is 0 Å². The van der Waals surface area contributed by atoms with Crippen molar-refractivity contribution in [1.29, 1.82) is 0 Å². The zero-order valence-electron chi connectivity index (χ0n) is 13.8. The Morgan fingerprint density at radius 1 is 1.27 bits per heavy atom. The van der Waals surface area contributed by atoms with Gasteiger partial charge in [-0.3, -0.25) is 0 Å². The van der Waals surface area contributed by atoms with Crippen molar-refractivity contribution in [1.82, 2.24) is 15.5 Å². The van der Waals surface area contributed by atoms with Crippen LogP contribution in [0.15, 0.2) is 4.52 Å². The third-order valence-electron chi connectivity index (χ3n) is 5.76. The predicted molar refractivity (Wildman–Crippen MR) is 84.6 cm³/mol. The summed E-state index contributed by atoms with van der Waals surface area (Å²) < 4.78 is 5.40. The molecule has 2 saturated carbocycles. The quantitative estimate of drug-likeness (QED) is 0.875. The van der Waals surface area contributed by atoms with E-state index in [-0.39, 0.29) is 5.41 Å². The average Bonchev–Trinajstić information content (AvgIpc) is 3.16. The van der Waals surface area contributed by atoms with E-state index in [9.17, 15) is 5.11 Å². The molecule has 1 aromatic heterocycles. The molecule has 5 heteroatoms. The lowest BCUT2D eigenvalue weighted by molar-refractivity contribution is 0.108. The first-order chi connectivity index (χ1) is 10.6. The maximum atomic E-state index is 9.67. The Labute approximate surface area is 132 Å². The molecule has 22 heavy (non-hydrogen) atoms. The Bertz CT molecular complexity index is 482. The summed E-state index contributed by atoms with van der Waals surface area (Å²) in [5.41, 5.74) is 0.0688. The van der Waals surface area contributed by atoms with E-state index >= 15 is 0 Å². The van der Waals surface area contributed by atoms with E-state index in [2.05, 4.69) is 29.3 Å². The van der Waals surface area contributed by atoms with Gasteiger partial charge in [-0.25, -0.2) is 0 Å². The lowest BCUT2D eigenvalue weighted by Gasteiger charge is -2.36. The number of nitrogens with one attached hydrogen (secondary N) is 1. The van der Waals surface area contributed by atoms with E-state index in [1.807, 2.05) is 0 Å². The van der Waals surface area contributed by atoms with Crippen LogP contribution in [0, 0.1) is 5.41 Å². The predicted octanol–water partition coefficient (Wildman–Crippen LogP) is 2.80. The molecule has 1 aromatic rings. The first-order valence-electron chi connectivity index (χ1n) is 8.84. The van der Waals surface area contributed by atoms with E-state index in [1.54, 1.807) is 0 Å². The summed E-state index contributed by atoms with van der Waals surface area (Å²) in [4.78, 5) is 4.49. The van der Waals surface area contributed by atoms with Crippen LogP contribution in [0.5, 0.6) is 0 Å². The van der Waals surface area contributed by atoms with Crippen molar-refractivity contribution >= 4 is 0 Å². The van der Waals surface area contributed by atoms with Crippen LogP contribution < -0.4 is 5.32 Å². The van der Waals surface area contributed by atoms with E-state index in [1.165, 1.54) is 12.8 Å². The van der Waals surface area contributed by atoms with Gasteiger partial charge >= 0.3 is 0 Å². The van der Waals surface area contributed by atoms with E-state index in [0.29, 0.717) is 24.6 Å². The number of aryl methyl sites for hydroxylation is 1. The van der Waals surface area contributed by atoms with Crippen LogP contribution in [-0.4, -0.2) is 33.9 Å². The minimum absolute atomic E-state index is 0.0688. The Kier molecular flexibility index (Phi) is 4.83. The molecule has 0 amide bonds. The monoisotopic (exact) mass is 307 g/mol. The maximum absolute atomic E-state index is 9.67. The fourth-order valence-electron chi connectivity index (χ4n) is 4.07. The molecule has 0 aliphatic heterocycles.